The van der Waals surface area contributed by atoms with Crippen molar-refractivity contribution in [3.05, 3.63) is 10.7 Å². The SMILES string of the molecule is COC(=O)C1=C(C)OC(OC)(OC)S1. The van der Waals surface area contributed by atoms with Gasteiger partial charge in [-0.3, -0.25) is 0 Å². The van der Waals surface area contributed by atoms with Crippen molar-refractivity contribution in [3.8, 4) is 0 Å². The monoisotopic (exact) mass is 220 g/mol. The van der Waals surface area contributed by atoms with E-state index >= 15 is 0 Å². The first-order chi connectivity index (χ1) is 6.58. The molecule has 14 heavy (non-hydrogen) atoms. The Hall–Kier alpha value is -0.720. The molecule has 1 aliphatic heterocycles. The van der Waals surface area contributed by atoms with E-state index in [1.807, 2.05) is 0 Å². The van der Waals surface area contributed by atoms with Crippen LogP contribution in [0.15, 0.2) is 10.7 Å². The normalized spacial score (nSPS) is 19.4. The summed E-state index contributed by atoms with van der Waals surface area (Å²) in [6.45, 7) is 1.65. The summed E-state index contributed by atoms with van der Waals surface area (Å²) in [4.78, 5) is 11.6. The predicted octanol–water partition coefficient (Wildman–Crippen LogP) is 1.06. The summed E-state index contributed by atoms with van der Waals surface area (Å²) >= 11 is 1.04. The van der Waals surface area contributed by atoms with E-state index in [0.29, 0.717) is 10.7 Å². The molecule has 5 nitrogen and oxygen atoms in total. The molecule has 0 aromatic carbocycles. The maximum Gasteiger partial charge on any atom is 0.386 e. The molecular weight excluding hydrogens is 208 g/mol. The van der Waals surface area contributed by atoms with Gasteiger partial charge in [-0.1, -0.05) is 0 Å². The standard InChI is InChI=1S/C8H12O5S/c1-5-6(7(9)10-2)14-8(11-3,12-4)13-5/h1-4H3. The van der Waals surface area contributed by atoms with Crippen LogP contribution in [0.4, 0.5) is 0 Å². The zero-order valence-corrected chi connectivity index (χ0v) is 9.27. The van der Waals surface area contributed by atoms with Crippen molar-refractivity contribution in [1.29, 1.82) is 0 Å². The van der Waals surface area contributed by atoms with Crippen LogP contribution in [-0.4, -0.2) is 32.6 Å². The Bertz CT molecular complexity index is 269. The molecule has 0 bridgehead atoms. The molecule has 0 N–H and O–H groups in total. The third-order valence-corrected chi connectivity index (χ3v) is 3.02. The van der Waals surface area contributed by atoms with Crippen LogP contribution in [0, 0.1) is 0 Å². The first-order valence-electron chi connectivity index (χ1n) is 3.86. The van der Waals surface area contributed by atoms with Crippen molar-refractivity contribution in [2.75, 3.05) is 21.3 Å². The summed E-state index contributed by atoms with van der Waals surface area (Å²) < 4.78 is 19.9. The van der Waals surface area contributed by atoms with E-state index in [0.717, 1.165) is 11.8 Å². The summed E-state index contributed by atoms with van der Waals surface area (Å²) in [5.41, 5.74) is 0. The van der Waals surface area contributed by atoms with E-state index in [2.05, 4.69) is 4.74 Å². The summed E-state index contributed by atoms with van der Waals surface area (Å²) in [7, 11) is 4.18. The van der Waals surface area contributed by atoms with Gasteiger partial charge >= 0.3 is 11.3 Å². The highest BCUT2D eigenvalue weighted by atomic mass is 32.2. The third kappa shape index (κ3) is 1.87. The molecule has 6 heteroatoms. The molecular formula is C8H12O5S. The van der Waals surface area contributed by atoms with E-state index in [4.69, 9.17) is 14.2 Å². The second-order valence-electron chi connectivity index (χ2n) is 2.49. The lowest BCUT2D eigenvalue weighted by atomic mass is 10.5. The fourth-order valence-electron chi connectivity index (χ4n) is 0.980. The van der Waals surface area contributed by atoms with Gasteiger partial charge < -0.3 is 18.9 Å². The maximum absolute atomic E-state index is 11.3. The minimum absolute atomic E-state index is 0.358. The van der Waals surface area contributed by atoms with Gasteiger partial charge in [0, 0.05) is 14.2 Å². The van der Waals surface area contributed by atoms with Crippen LogP contribution in [0.2, 0.25) is 0 Å². The number of esters is 1. The number of carbonyl (C=O) groups is 1. The number of ether oxygens (including phenoxy) is 4. The topological polar surface area (TPSA) is 54.0 Å². The lowest BCUT2D eigenvalue weighted by molar-refractivity contribution is -0.274. The second-order valence-corrected chi connectivity index (χ2v) is 3.60. The smallest absolute Gasteiger partial charge is 0.386 e. The van der Waals surface area contributed by atoms with Crippen molar-refractivity contribution >= 4 is 17.7 Å². The highest BCUT2D eigenvalue weighted by molar-refractivity contribution is 8.05. The number of carbonyl (C=O) groups excluding carboxylic acids is 1. The van der Waals surface area contributed by atoms with Crippen LogP contribution < -0.4 is 0 Å². The molecule has 0 saturated carbocycles. The van der Waals surface area contributed by atoms with Crippen molar-refractivity contribution in [1.82, 2.24) is 0 Å². The third-order valence-electron chi connectivity index (χ3n) is 1.70. The molecule has 80 valence electrons. The molecule has 0 radical (unpaired) electrons. The number of methoxy groups -OCH3 is 3. The first-order valence-corrected chi connectivity index (χ1v) is 4.67. The molecule has 0 aromatic heterocycles. The average Bonchev–Trinajstić information content (AvgIpc) is 2.55. The summed E-state index contributed by atoms with van der Waals surface area (Å²) in [6.07, 6.45) is 0. The quantitative estimate of drug-likeness (QED) is 0.523. The van der Waals surface area contributed by atoms with Crippen molar-refractivity contribution in [3.63, 3.8) is 0 Å². The summed E-state index contributed by atoms with van der Waals surface area (Å²) in [6, 6.07) is 0. The van der Waals surface area contributed by atoms with Crippen LogP contribution in [-0.2, 0) is 23.7 Å². The van der Waals surface area contributed by atoms with Gasteiger partial charge in [-0.05, 0) is 18.7 Å². The molecule has 0 saturated heterocycles. The lowest BCUT2D eigenvalue weighted by Gasteiger charge is -2.23. The molecule has 0 aromatic rings. The second kappa shape index (κ2) is 4.20. The minimum atomic E-state index is -1.26. The molecule has 1 aliphatic rings. The van der Waals surface area contributed by atoms with Crippen LogP contribution >= 0.6 is 11.8 Å². The van der Waals surface area contributed by atoms with Gasteiger partial charge in [0.05, 0.1) is 7.11 Å². The molecule has 0 amide bonds. The van der Waals surface area contributed by atoms with Crippen LogP contribution in [0.5, 0.6) is 0 Å². The Balaban J connectivity index is 2.82. The van der Waals surface area contributed by atoms with Crippen molar-refractivity contribution < 1.29 is 23.7 Å². The zero-order chi connectivity index (χ0) is 10.8. The lowest BCUT2D eigenvalue weighted by Crippen LogP contribution is -2.29. The zero-order valence-electron chi connectivity index (χ0n) is 8.45. The average molecular weight is 220 g/mol. The van der Waals surface area contributed by atoms with Crippen molar-refractivity contribution in [2.45, 2.75) is 12.2 Å². The van der Waals surface area contributed by atoms with E-state index in [1.165, 1.54) is 21.3 Å². The van der Waals surface area contributed by atoms with Gasteiger partial charge in [-0.15, -0.1) is 0 Å². The fraction of sp³-hybridized carbons (Fsp3) is 0.625. The maximum atomic E-state index is 11.3. The fourth-order valence-corrected chi connectivity index (χ4v) is 1.92. The summed E-state index contributed by atoms with van der Waals surface area (Å²) in [5.74, 6) is -0.0194. The Labute approximate surface area is 86.3 Å². The van der Waals surface area contributed by atoms with E-state index in [9.17, 15) is 4.79 Å². The molecule has 0 aliphatic carbocycles. The van der Waals surface area contributed by atoms with Gasteiger partial charge in [0.1, 0.15) is 10.7 Å². The van der Waals surface area contributed by atoms with Crippen LogP contribution in [0.25, 0.3) is 0 Å². The minimum Gasteiger partial charge on any atom is -0.465 e. The Kier molecular flexibility index (Phi) is 3.41. The largest absolute Gasteiger partial charge is 0.465 e. The Morgan fingerprint density at radius 1 is 1.36 bits per heavy atom. The van der Waals surface area contributed by atoms with Gasteiger partial charge in [0.2, 0.25) is 0 Å². The van der Waals surface area contributed by atoms with Crippen molar-refractivity contribution in [2.24, 2.45) is 0 Å². The highest BCUT2D eigenvalue weighted by Gasteiger charge is 2.44. The molecule has 0 atom stereocenters. The van der Waals surface area contributed by atoms with E-state index in [-0.39, 0.29) is 0 Å². The number of rotatable bonds is 3. The van der Waals surface area contributed by atoms with Gasteiger partial charge in [0.25, 0.3) is 0 Å². The summed E-state index contributed by atoms with van der Waals surface area (Å²) in [5, 5.41) is -1.26. The number of thioether (sulfide) groups is 1. The molecule has 0 spiro atoms. The van der Waals surface area contributed by atoms with E-state index in [1.54, 1.807) is 6.92 Å². The Morgan fingerprint density at radius 2 is 1.93 bits per heavy atom. The molecule has 0 fully saturated rings. The Morgan fingerprint density at radius 3 is 2.29 bits per heavy atom. The van der Waals surface area contributed by atoms with Crippen LogP contribution in [0.3, 0.4) is 0 Å². The number of allylic oxidation sites excluding steroid dienone is 1. The molecule has 1 rings (SSSR count). The van der Waals surface area contributed by atoms with Crippen LogP contribution in [0.1, 0.15) is 6.92 Å². The molecule has 0 unspecified atom stereocenters. The van der Waals surface area contributed by atoms with Gasteiger partial charge in [-0.25, -0.2) is 4.79 Å². The predicted molar refractivity (Wildman–Crippen MR) is 50.1 cm³/mol. The number of hydrogen-bond acceptors (Lipinski definition) is 6. The highest BCUT2D eigenvalue weighted by Crippen LogP contribution is 2.44. The van der Waals surface area contributed by atoms with Gasteiger partial charge in [-0.2, -0.15) is 0 Å². The van der Waals surface area contributed by atoms with E-state index < -0.39 is 11.3 Å². The number of hydrogen-bond donors (Lipinski definition) is 0. The van der Waals surface area contributed by atoms with Gasteiger partial charge in [0.15, 0.2) is 0 Å². The first kappa shape index (κ1) is 11.4. The molecule has 1 heterocycles.